The summed E-state index contributed by atoms with van der Waals surface area (Å²) < 4.78 is 25.9. The van der Waals surface area contributed by atoms with Gasteiger partial charge in [0.25, 0.3) is 11.5 Å². The van der Waals surface area contributed by atoms with Crippen molar-refractivity contribution in [2.24, 2.45) is 22.7 Å². The summed E-state index contributed by atoms with van der Waals surface area (Å²) >= 11 is 0. The van der Waals surface area contributed by atoms with Gasteiger partial charge in [-0.3, -0.25) is 19.6 Å². The normalized spacial score (nSPS) is 12.3. The zero-order valence-corrected chi connectivity index (χ0v) is 28.2. The molecule has 0 aliphatic heterocycles. The Morgan fingerprint density at radius 3 is 2.37 bits per heavy atom. The van der Waals surface area contributed by atoms with Gasteiger partial charge in [0, 0.05) is 23.2 Å². The summed E-state index contributed by atoms with van der Waals surface area (Å²) in [5.41, 5.74) is 3.76. The first-order valence-corrected chi connectivity index (χ1v) is 16.0. The first kappa shape index (κ1) is 34.8. The number of carbonyl (C=O) groups excluding carboxylic acids is 1. The molecule has 0 radical (unpaired) electrons. The fraction of sp³-hybridized carbons (Fsp3) is 0.263. The number of benzene rings is 4. The van der Waals surface area contributed by atoms with E-state index in [4.69, 9.17) is 21.2 Å². The van der Waals surface area contributed by atoms with Crippen molar-refractivity contribution in [1.29, 1.82) is 0 Å². The van der Waals surface area contributed by atoms with Crippen molar-refractivity contribution in [2.75, 3.05) is 26.6 Å². The summed E-state index contributed by atoms with van der Waals surface area (Å²) in [6.07, 6.45) is 3.19. The topological polar surface area (TPSA) is 138 Å². The molecule has 0 spiro atoms. The maximum atomic E-state index is 14.6. The highest BCUT2D eigenvalue weighted by Gasteiger charge is 2.27. The van der Waals surface area contributed by atoms with Gasteiger partial charge in [0.2, 0.25) is 0 Å². The molecule has 5 aromatic rings. The molecule has 1 aromatic heterocycles. The van der Waals surface area contributed by atoms with E-state index in [0.29, 0.717) is 63.2 Å². The van der Waals surface area contributed by atoms with Gasteiger partial charge >= 0.3 is 0 Å². The van der Waals surface area contributed by atoms with Crippen LogP contribution in [0.25, 0.3) is 33.4 Å². The Bertz CT molecular complexity index is 2040. The van der Waals surface area contributed by atoms with Crippen LogP contribution < -0.4 is 26.7 Å². The quantitative estimate of drug-likeness (QED) is 0.0748. The van der Waals surface area contributed by atoms with Crippen molar-refractivity contribution in [1.82, 2.24) is 14.7 Å². The molecule has 4 N–H and O–H groups in total. The van der Waals surface area contributed by atoms with E-state index in [1.165, 1.54) is 23.7 Å². The molecule has 0 unspecified atom stereocenters. The molecule has 0 bridgehead atoms. The van der Waals surface area contributed by atoms with Gasteiger partial charge in [-0.2, -0.15) is 0 Å². The predicted molar refractivity (Wildman–Crippen MR) is 192 cm³/mol. The number of carbonyl (C=O) groups is 1. The summed E-state index contributed by atoms with van der Waals surface area (Å²) in [6.45, 7) is 8.43. The number of amides is 1. The zero-order valence-electron chi connectivity index (χ0n) is 28.2. The van der Waals surface area contributed by atoms with Crippen LogP contribution in [-0.2, 0) is 6.42 Å². The molecule has 1 aliphatic rings. The van der Waals surface area contributed by atoms with Crippen molar-refractivity contribution in [2.45, 2.75) is 33.1 Å². The number of ether oxygens (including phenoxy) is 2. The Hall–Kier alpha value is -5.55. The second-order valence-electron chi connectivity index (χ2n) is 12.4. The summed E-state index contributed by atoms with van der Waals surface area (Å²) in [7, 11) is 2.96. The minimum absolute atomic E-state index is 0.124. The maximum Gasteiger partial charge on any atom is 0.280 e. The van der Waals surface area contributed by atoms with Crippen LogP contribution in [0.15, 0.2) is 88.6 Å². The molecule has 6 rings (SSSR count). The molecule has 0 atom stereocenters. The summed E-state index contributed by atoms with van der Waals surface area (Å²) in [5.74, 6) is 13.3. The molecule has 1 fully saturated rings. The van der Waals surface area contributed by atoms with Crippen LogP contribution in [0.1, 0.15) is 42.6 Å². The number of hydrogen-bond acceptors (Lipinski definition) is 8. The first-order valence-electron chi connectivity index (χ1n) is 16.0. The first-order chi connectivity index (χ1) is 23.6. The third kappa shape index (κ3) is 7.79. The van der Waals surface area contributed by atoms with Crippen LogP contribution in [0, 0.1) is 17.7 Å². The molecule has 49 heavy (non-hydrogen) atoms. The highest BCUT2D eigenvalue weighted by molar-refractivity contribution is 6.02. The fourth-order valence-electron chi connectivity index (χ4n) is 5.57. The number of methoxy groups -OCH3 is 2. The van der Waals surface area contributed by atoms with E-state index in [-0.39, 0.29) is 17.2 Å². The summed E-state index contributed by atoms with van der Waals surface area (Å²) in [4.78, 5) is 33.8. The number of aliphatic imine (C=N–C) groups is 1. The average molecular weight is 665 g/mol. The van der Waals surface area contributed by atoms with Gasteiger partial charge in [-0.1, -0.05) is 62.4 Å². The maximum absolute atomic E-state index is 14.6. The number of para-hydroxylation sites is 1. The number of fused-ring (bicyclic) bond motifs is 1. The zero-order chi connectivity index (χ0) is 35.2. The molecular formula is C38H41FN6O4. The van der Waals surface area contributed by atoms with Gasteiger partial charge in [0.05, 0.1) is 36.4 Å². The van der Waals surface area contributed by atoms with E-state index in [1.807, 2.05) is 12.1 Å². The summed E-state index contributed by atoms with van der Waals surface area (Å²) in [6, 6.07) is 23.1. The van der Waals surface area contributed by atoms with Crippen molar-refractivity contribution >= 4 is 29.2 Å². The lowest BCUT2D eigenvalue weighted by Crippen LogP contribution is -2.39. The van der Waals surface area contributed by atoms with Gasteiger partial charge in [-0.25, -0.2) is 19.9 Å². The standard InChI is InChI=1S/C19H20FN3O2.C19H21N3O2/c1-22-18-14(13-5-4-8-16(25-2)17(13)20)6-3-7-15(18)19(24)23(21)11-12-9-10-12;1-12(2)10-13-4-6-14(7-5-13)18-21-17-9-8-15(24-3)11-16(17)19(23)22(18)20/h3-8,12H,1,9-11,21H2,2H3;4-9,11-12H,10,20H2,1-3H3. The lowest BCUT2D eigenvalue weighted by atomic mass is 9.98. The van der Waals surface area contributed by atoms with Crippen LogP contribution in [0.3, 0.4) is 0 Å². The van der Waals surface area contributed by atoms with Crippen LogP contribution >= 0.6 is 0 Å². The van der Waals surface area contributed by atoms with E-state index in [1.54, 1.807) is 55.6 Å². The Morgan fingerprint density at radius 1 is 1.04 bits per heavy atom. The predicted octanol–water partition coefficient (Wildman–Crippen LogP) is 6.54. The van der Waals surface area contributed by atoms with E-state index in [0.717, 1.165) is 29.5 Å². The van der Waals surface area contributed by atoms with Crippen LogP contribution in [-0.4, -0.2) is 48.1 Å². The number of aromatic nitrogens is 2. The third-order valence-corrected chi connectivity index (χ3v) is 8.27. The third-order valence-electron chi connectivity index (χ3n) is 8.27. The second-order valence-corrected chi connectivity index (χ2v) is 12.4. The molecule has 1 saturated carbocycles. The molecule has 1 amide bonds. The lowest BCUT2D eigenvalue weighted by molar-refractivity contribution is 0.0748. The number of nitrogen functional groups attached to an aromatic ring is 1. The Morgan fingerprint density at radius 2 is 1.73 bits per heavy atom. The molecule has 0 saturated heterocycles. The van der Waals surface area contributed by atoms with Crippen LogP contribution in [0.2, 0.25) is 0 Å². The minimum atomic E-state index is -0.512. The average Bonchev–Trinajstić information content (AvgIpc) is 3.93. The molecular weight excluding hydrogens is 623 g/mol. The molecule has 11 heteroatoms. The van der Waals surface area contributed by atoms with Gasteiger partial charge < -0.3 is 15.3 Å². The minimum Gasteiger partial charge on any atom is -0.497 e. The largest absolute Gasteiger partial charge is 0.497 e. The molecule has 1 aliphatic carbocycles. The molecule has 4 aromatic carbocycles. The van der Waals surface area contributed by atoms with E-state index < -0.39 is 5.82 Å². The summed E-state index contributed by atoms with van der Waals surface area (Å²) in [5, 5.41) is 1.64. The Kier molecular flexibility index (Phi) is 10.7. The van der Waals surface area contributed by atoms with Crippen molar-refractivity contribution < 1.29 is 18.7 Å². The van der Waals surface area contributed by atoms with Gasteiger partial charge in [0.1, 0.15) is 5.75 Å². The molecule has 1 heterocycles. The van der Waals surface area contributed by atoms with E-state index >= 15 is 0 Å². The van der Waals surface area contributed by atoms with Crippen molar-refractivity contribution in [3.8, 4) is 34.0 Å². The van der Waals surface area contributed by atoms with Crippen LogP contribution in [0.4, 0.5) is 10.1 Å². The van der Waals surface area contributed by atoms with Crippen LogP contribution in [0.5, 0.6) is 11.5 Å². The van der Waals surface area contributed by atoms with Gasteiger partial charge in [-0.05, 0) is 73.7 Å². The van der Waals surface area contributed by atoms with E-state index in [9.17, 15) is 14.0 Å². The fourth-order valence-corrected chi connectivity index (χ4v) is 5.57. The van der Waals surface area contributed by atoms with Gasteiger partial charge in [0.15, 0.2) is 17.4 Å². The molecule has 254 valence electrons. The number of hydrogen-bond donors (Lipinski definition) is 2. The Labute approximate surface area is 284 Å². The smallest absolute Gasteiger partial charge is 0.280 e. The number of nitrogens with two attached hydrogens (primary N) is 2. The second kappa shape index (κ2) is 15.1. The number of rotatable bonds is 10. The number of halogens is 1. The van der Waals surface area contributed by atoms with Crippen molar-refractivity contribution in [3.63, 3.8) is 0 Å². The SMILES string of the molecule is C=Nc1c(C(=O)N(N)CC2CC2)cccc1-c1cccc(OC)c1F.COc1ccc2nc(-c3ccc(CC(C)C)cc3)n(N)c(=O)c2c1. The number of nitrogens with zero attached hydrogens (tertiary/aromatic N) is 4. The number of hydrazine groups is 1. The lowest BCUT2D eigenvalue weighted by Gasteiger charge is -2.19. The van der Waals surface area contributed by atoms with Crippen molar-refractivity contribution in [3.05, 3.63) is 106 Å². The van der Waals surface area contributed by atoms with E-state index in [2.05, 4.69) is 42.7 Å². The monoisotopic (exact) mass is 664 g/mol. The van der Waals surface area contributed by atoms with Gasteiger partial charge in [-0.15, -0.1) is 0 Å². The highest BCUT2D eigenvalue weighted by atomic mass is 19.1. The molecule has 10 nitrogen and oxygen atoms in total. The highest BCUT2D eigenvalue weighted by Crippen LogP contribution is 2.38. The Balaban J connectivity index is 0.000000191.